The maximum atomic E-state index is 10.7. The van der Waals surface area contributed by atoms with Crippen LogP contribution in [0.4, 0.5) is 0 Å². The Labute approximate surface area is 56.9 Å². The first-order chi connectivity index (χ1) is 3.80. The molecule has 0 aromatic heterocycles. The molecule has 0 radical (unpaired) electrons. The van der Waals surface area contributed by atoms with Crippen molar-refractivity contribution in [1.29, 1.82) is 0 Å². The summed E-state index contributed by atoms with van der Waals surface area (Å²) in [5, 5.41) is 0. The third-order valence-corrected chi connectivity index (χ3v) is 1.56. The molecule has 0 aromatic carbocycles. The van der Waals surface area contributed by atoms with Gasteiger partial charge >= 0.3 is 0 Å². The SMILES string of the molecule is C.CN1CCCCC1=O. The molecule has 2 nitrogen and oxygen atoms in total. The van der Waals surface area contributed by atoms with Crippen LogP contribution in [0.25, 0.3) is 0 Å². The lowest BCUT2D eigenvalue weighted by atomic mass is 10.1. The number of hydrogen-bond donors (Lipinski definition) is 0. The molecule has 1 rings (SSSR count). The van der Waals surface area contributed by atoms with Gasteiger partial charge < -0.3 is 4.90 Å². The van der Waals surface area contributed by atoms with Crippen LogP contribution >= 0.6 is 0 Å². The molecule has 0 spiro atoms. The van der Waals surface area contributed by atoms with Gasteiger partial charge in [0.05, 0.1) is 0 Å². The number of carbonyl (C=O) groups is 1. The Morgan fingerprint density at radius 3 is 2.44 bits per heavy atom. The standard InChI is InChI=1S/C6H11NO.CH4/c1-7-5-3-2-4-6(7)8;/h2-5H2,1H3;1H4. The van der Waals surface area contributed by atoms with Gasteiger partial charge in [-0.3, -0.25) is 4.79 Å². The zero-order valence-electron chi connectivity index (χ0n) is 5.18. The molecule has 0 aromatic rings. The summed E-state index contributed by atoms with van der Waals surface area (Å²) in [6.45, 7) is 0.957. The fourth-order valence-electron chi connectivity index (χ4n) is 0.941. The fraction of sp³-hybridized carbons (Fsp3) is 0.857. The van der Waals surface area contributed by atoms with Gasteiger partial charge in [0.1, 0.15) is 0 Å². The third-order valence-electron chi connectivity index (χ3n) is 1.56. The first kappa shape index (κ1) is 8.47. The molecule has 0 bridgehead atoms. The molecule has 2 heteroatoms. The van der Waals surface area contributed by atoms with Gasteiger partial charge in [-0.05, 0) is 12.8 Å². The van der Waals surface area contributed by atoms with E-state index in [2.05, 4.69) is 0 Å². The highest BCUT2D eigenvalue weighted by molar-refractivity contribution is 5.76. The molecule has 0 aliphatic carbocycles. The summed E-state index contributed by atoms with van der Waals surface area (Å²) in [5.74, 6) is 0.302. The molecular formula is C7H15NO. The van der Waals surface area contributed by atoms with E-state index in [4.69, 9.17) is 0 Å². The third kappa shape index (κ3) is 2.04. The predicted octanol–water partition coefficient (Wildman–Crippen LogP) is 1.26. The van der Waals surface area contributed by atoms with Crippen LogP contribution in [0.2, 0.25) is 0 Å². The first-order valence-electron chi connectivity index (χ1n) is 3.04. The molecule has 54 valence electrons. The number of carbonyl (C=O) groups excluding carboxylic acids is 1. The molecule has 1 saturated heterocycles. The molecule has 1 heterocycles. The van der Waals surface area contributed by atoms with E-state index in [0.717, 1.165) is 19.4 Å². The van der Waals surface area contributed by atoms with Gasteiger partial charge in [-0.15, -0.1) is 0 Å². The van der Waals surface area contributed by atoms with Gasteiger partial charge in [-0.2, -0.15) is 0 Å². The van der Waals surface area contributed by atoms with E-state index in [0.29, 0.717) is 5.91 Å². The summed E-state index contributed by atoms with van der Waals surface area (Å²) in [6.07, 6.45) is 3.03. The number of amides is 1. The van der Waals surface area contributed by atoms with Gasteiger partial charge in [-0.25, -0.2) is 0 Å². The number of hydrogen-bond acceptors (Lipinski definition) is 1. The zero-order valence-corrected chi connectivity index (χ0v) is 5.18. The van der Waals surface area contributed by atoms with Gasteiger partial charge in [-0.1, -0.05) is 7.43 Å². The highest BCUT2D eigenvalue weighted by atomic mass is 16.2. The molecule has 1 fully saturated rings. The van der Waals surface area contributed by atoms with Crippen LogP contribution in [0, 0.1) is 0 Å². The smallest absolute Gasteiger partial charge is 0.222 e. The summed E-state index contributed by atoms with van der Waals surface area (Å²) < 4.78 is 0. The minimum absolute atomic E-state index is 0. The van der Waals surface area contributed by atoms with E-state index >= 15 is 0 Å². The molecule has 9 heavy (non-hydrogen) atoms. The van der Waals surface area contributed by atoms with Crippen LogP contribution < -0.4 is 0 Å². The summed E-state index contributed by atoms with van der Waals surface area (Å²) >= 11 is 0. The molecule has 1 amide bonds. The normalized spacial score (nSPS) is 19.2. The molecule has 1 aliphatic rings. The molecule has 0 unspecified atom stereocenters. The molecule has 0 saturated carbocycles. The Morgan fingerprint density at radius 2 is 2.11 bits per heavy atom. The van der Waals surface area contributed by atoms with Crippen molar-refractivity contribution in [2.45, 2.75) is 26.7 Å². The van der Waals surface area contributed by atoms with E-state index in [9.17, 15) is 4.79 Å². The second-order valence-electron chi connectivity index (χ2n) is 2.27. The van der Waals surface area contributed by atoms with E-state index in [1.165, 1.54) is 6.42 Å². The highest BCUT2D eigenvalue weighted by Crippen LogP contribution is 2.06. The lowest BCUT2D eigenvalue weighted by Gasteiger charge is -2.21. The van der Waals surface area contributed by atoms with E-state index in [-0.39, 0.29) is 7.43 Å². The second-order valence-corrected chi connectivity index (χ2v) is 2.27. The zero-order chi connectivity index (χ0) is 5.98. The van der Waals surface area contributed by atoms with Crippen molar-refractivity contribution in [3.63, 3.8) is 0 Å². The van der Waals surface area contributed by atoms with Crippen LogP contribution in [0.15, 0.2) is 0 Å². The average Bonchev–Trinajstić information content (AvgIpc) is 1.77. The Bertz CT molecular complexity index is 101. The topological polar surface area (TPSA) is 20.3 Å². The number of piperidine rings is 1. The van der Waals surface area contributed by atoms with Crippen molar-refractivity contribution in [1.82, 2.24) is 4.90 Å². The van der Waals surface area contributed by atoms with Crippen molar-refractivity contribution in [3.05, 3.63) is 0 Å². The number of rotatable bonds is 0. The van der Waals surface area contributed by atoms with Gasteiger partial charge in [0.15, 0.2) is 0 Å². The largest absolute Gasteiger partial charge is 0.346 e. The van der Waals surface area contributed by atoms with Crippen molar-refractivity contribution >= 4 is 5.91 Å². The molecular weight excluding hydrogens is 114 g/mol. The van der Waals surface area contributed by atoms with E-state index in [1.54, 1.807) is 4.90 Å². The van der Waals surface area contributed by atoms with E-state index < -0.39 is 0 Å². The van der Waals surface area contributed by atoms with Crippen LogP contribution in [-0.4, -0.2) is 24.4 Å². The first-order valence-corrected chi connectivity index (χ1v) is 3.04. The summed E-state index contributed by atoms with van der Waals surface area (Å²) in [6, 6.07) is 0. The van der Waals surface area contributed by atoms with Crippen LogP contribution in [0.3, 0.4) is 0 Å². The maximum absolute atomic E-state index is 10.7. The minimum atomic E-state index is 0. The van der Waals surface area contributed by atoms with Crippen molar-refractivity contribution in [2.24, 2.45) is 0 Å². The van der Waals surface area contributed by atoms with Crippen molar-refractivity contribution in [3.8, 4) is 0 Å². The Hall–Kier alpha value is -0.530. The highest BCUT2D eigenvalue weighted by Gasteiger charge is 2.12. The van der Waals surface area contributed by atoms with Gasteiger partial charge in [0.25, 0.3) is 0 Å². The summed E-state index contributed by atoms with van der Waals surface area (Å²) in [7, 11) is 1.86. The Balaban J connectivity index is 0.000000640. The average molecular weight is 129 g/mol. The van der Waals surface area contributed by atoms with Crippen LogP contribution in [0.1, 0.15) is 26.7 Å². The fourth-order valence-corrected chi connectivity index (χ4v) is 0.941. The van der Waals surface area contributed by atoms with E-state index in [1.807, 2.05) is 7.05 Å². The van der Waals surface area contributed by atoms with Crippen molar-refractivity contribution < 1.29 is 4.79 Å². The molecule has 1 aliphatic heterocycles. The van der Waals surface area contributed by atoms with Crippen LogP contribution in [-0.2, 0) is 4.79 Å². The molecule has 0 atom stereocenters. The Morgan fingerprint density at radius 1 is 1.44 bits per heavy atom. The summed E-state index contributed by atoms with van der Waals surface area (Å²) in [4.78, 5) is 12.5. The second kappa shape index (κ2) is 3.49. The molecule has 0 N–H and O–H groups in total. The van der Waals surface area contributed by atoms with Crippen molar-refractivity contribution in [2.75, 3.05) is 13.6 Å². The lowest BCUT2D eigenvalue weighted by Crippen LogP contribution is -2.31. The minimum Gasteiger partial charge on any atom is -0.346 e. The predicted molar refractivity (Wildman–Crippen MR) is 38.2 cm³/mol. The Kier molecular flexibility index (Phi) is 3.28. The maximum Gasteiger partial charge on any atom is 0.222 e. The quantitative estimate of drug-likeness (QED) is 0.482. The monoisotopic (exact) mass is 129 g/mol. The number of likely N-dealkylation sites (tertiary alicyclic amines) is 1. The lowest BCUT2D eigenvalue weighted by molar-refractivity contribution is -0.131. The van der Waals surface area contributed by atoms with Gasteiger partial charge in [0, 0.05) is 20.0 Å². The van der Waals surface area contributed by atoms with Crippen LogP contribution in [0.5, 0.6) is 0 Å². The summed E-state index contributed by atoms with van der Waals surface area (Å²) in [5.41, 5.74) is 0. The van der Waals surface area contributed by atoms with Gasteiger partial charge in [0.2, 0.25) is 5.91 Å². The number of nitrogens with zero attached hydrogens (tertiary/aromatic N) is 1.